The third-order valence-corrected chi connectivity index (χ3v) is 5.28. The molecule has 0 radical (unpaired) electrons. The number of carbonyl (C=O) groups is 1. The number of halogens is 1. The minimum Gasteiger partial charge on any atom is -0.346 e. The number of hydrogen-bond donors (Lipinski definition) is 1. The molecule has 1 aliphatic heterocycles. The quantitative estimate of drug-likeness (QED) is 0.717. The van der Waals surface area contributed by atoms with Crippen molar-refractivity contribution in [3.8, 4) is 23.0 Å². The van der Waals surface area contributed by atoms with E-state index in [1.807, 2.05) is 6.07 Å². The highest BCUT2D eigenvalue weighted by Gasteiger charge is 2.28. The Kier molecular flexibility index (Phi) is 3.97. The van der Waals surface area contributed by atoms with Gasteiger partial charge in [-0.1, -0.05) is 6.07 Å². The van der Waals surface area contributed by atoms with Crippen LogP contribution in [0.4, 0.5) is 4.39 Å². The molecule has 0 unspecified atom stereocenters. The average Bonchev–Trinajstić information content (AvgIpc) is 3.28. The number of hydrogen-bond acceptors (Lipinski definition) is 6. The van der Waals surface area contributed by atoms with Gasteiger partial charge in [-0.3, -0.25) is 4.79 Å². The van der Waals surface area contributed by atoms with Crippen LogP contribution in [0.2, 0.25) is 0 Å². The molecule has 0 saturated carbocycles. The third kappa shape index (κ3) is 2.82. The molecule has 2 aromatic heterocycles. The summed E-state index contributed by atoms with van der Waals surface area (Å²) in [6.07, 6.45) is 2.42. The highest BCUT2D eigenvalue weighted by Crippen LogP contribution is 2.31. The summed E-state index contributed by atoms with van der Waals surface area (Å²) in [7, 11) is -3.55. The maximum absolute atomic E-state index is 14.5. The minimum absolute atomic E-state index is 0.00360. The van der Waals surface area contributed by atoms with E-state index in [1.165, 1.54) is 41.2 Å². The first-order valence-electron chi connectivity index (χ1n) is 8.07. The molecule has 1 aliphatic rings. The van der Waals surface area contributed by atoms with Gasteiger partial charge in [0.15, 0.2) is 14.9 Å². The van der Waals surface area contributed by atoms with Gasteiger partial charge in [0.1, 0.15) is 5.82 Å². The van der Waals surface area contributed by atoms with E-state index >= 15 is 0 Å². The zero-order valence-corrected chi connectivity index (χ0v) is 15.3. The Morgan fingerprint density at radius 3 is 2.75 bits per heavy atom. The molecule has 140 valence electrons. The smallest absolute Gasteiger partial charge is 0.255 e. The molecular weight excluding hydrogens is 385 g/mol. The number of fused-ring (bicyclic) bond motifs is 1. The van der Waals surface area contributed by atoms with Gasteiger partial charge in [-0.05, 0) is 24.3 Å². The second kappa shape index (κ2) is 6.24. The maximum Gasteiger partial charge on any atom is 0.255 e. The van der Waals surface area contributed by atoms with Gasteiger partial charge in [0.25, 0.3) is 5.91 Å². The molecule has 0 saturated heterocycles. The van der Waals surface area contributed by atoms with E-state index in [0.717, 1.165) is 6.26 Å². The van der Waals surface area contributed by atoms with E-state index in [0.29, 0.717) is 5.69 Å². The van der Waals surface area contributed by atoms with Crippen LogP contribution >= 0.6 is 0 Å². The summed E-state index contributed by atoms with van der Waals surface area (Å²) < 4.78 is 39.2. The van der Waals surface area contributed by atoms with E-state index < -0.39 is 21.6 Å². The van der Waals surface area contributed by atoms with Crippen molar-refractivity contribution < 1.29 is 17.6 Å². The van der Waals surface area contributed by atoms with Crippen molar-refractivity contribution >= 4 is 15.7 Å². The monoisotopic (exact) mass is 397 g/mol. The number of sulfone groups is 1. The predicted octanol–water partition coefficient (Wildman–Crippen LogP) is 1.59. The van der Waals surface area contributed by atoms with Crippen molar-refractivity contribution in [1.82, 2.24) is 20.1 Å². The SMILES string of the molecule is CS(=O)(=O)c1ccn(-c2cc(-c3c(F)cccc3C#N)nc3c2C(=O)NC3)n1. The molecule has 1 amide bonds. The molecule has 28 heavy (non-hydrogen) atoms. The Hall–Kier alpha value is -3.58. The number of aromatic nitrogens is 3. The molecular formula is C18H12FN5O3S. The Morgan fingerprint density at radius 2 is 2.07 bits per heavy atom. The highest BCUT2D eigenvalue weighted by molar-refractivity contribution is 7.90. The van der Waals surface area contributed by atoms with Gasteiger partial charge in [0.05, 0.1) is 46.4 Å². The Bertz CT molecular complexity index is 1290. The summed E-state index contributed by atoms with van der Waals surface area (Å²) in [6, 6.07) is 8.75. The fourth-order valence-corrected chi connectivity index (χ4v) is 3.58. The van der Waals surface area contributed by atoms with Crippen molar-refractivity contribution in [1.29, 1.82) is 5.26 Å². The van der Waals surface area contributed by atoms with Crippen LogP contribution in [0.1, 0.15) is 21.6 Å². The Labute approximate surface area is 159 Å². The van der Waals surface area contributed by atoms with Gasteiger partial charge in [-0.25, -0.2) is 22.5 Å². The number of carbonyl (C=O) groups excluding carboxylic acids is 1. The number of nitriles is 1. The molecule has 3 aromatic rings. The number of rotatable bonds is 3. The molecule has 4 rings (SSSR count). The number of nitrogens with one attached hydrogen (secondary N) is 1. The molecule has 3 heterocycles. The van der Waals surface area contributed by atoms with Crippen LogP contribution in [0.25, 0.3) is 16.9 Å². The first kappa shape index (κ1) is 17.8. The Balaban J connectivity index is 2.00. The number of nitrogens with zero attached hydrogens (tertiary/aromatic N) is 4. The van der Waals surface area contributed by atoms with Gasteiger partial charge in [0, 0.05) is 12.5 Å². The summed E-state index contributed by atoms with van der Waals surface area (Å²) in [5.41, 5.74) is 1.08. The van der Waals surface area contributed by atoms with Crippen LogP contribution in [0, 0.1) is 17.1 Å². The Morgan fingerprint density at radius 1 is 1.29 bits per heavy atom. The number of pyridine rings is 1. The first-order valence-corrected chi connectivity index (χ1v) is 9.96. The molecule has 1 aromatic carbocycles. The molecule has 0 fully saturated rings. The van der Waals surface area contributed by atoms with Gasteiger partial charge < -0.3 is 5.32 Å². The number of amides is 1. The summed E-state index contributed by atoms with van der Waals surface area (Å²) in [4.78, 5) is 16.6. The maximum atomic E-state index is 14.5. The van der Waals surface area contributed by atoms with Crippen LogP contribution in [0.5, 0.6) is 0 Å². The van der Waals surface area contributed by atoms with Crippen molar-refractivity contribution in [3.63, 3.8) is 0 Å². The van der Waals surface area contributed by atoms with Gasteiger partial charge in [-0.2, -0.15) is 10.4 Å². The van der Waals surface area contributed by atoms with Crippen LogP contribution < -0.4 is 5.32 Å². The van der Waals surface area contributed by atoms with Crippen LogP contribution in [0.3, 0.4) is 0 Å². The topological polar surface area (TPSA) is 118 Å². The fraction of sp³-hybridized carbons (Fsp3) is 0.111. The molecule has 10 heteroatoms. The van der Waals surface area contributed by atoms with E-state index in [1.54, 1.807) is 0 Å². The van der Waals surface area contributed by atoms with Crippen molar-refractivity contribution in [3.05, 3.63) is 59.2 Å². The van der Waals surface area contributed by atoms with E-state index in [2.05, 4.69) is 15.4 Å². The molecule has 8 nitrogen and oxygen atoms in total. The molecule has 0 aliphatic carbocycles. The normalized spacial score (nSPS) is 13.1. The van der Waals surface area contributed by atoms with Gasteiger partial charge in [0.2, 0.25) is 0 Å². The lowest BCUT2D eigenvalue weighted by Crippen LogP contribution is -2.14. The summed E-state index contributed by atoms with van der Waals surface area (Å²) in [6.45, 7) is 0.131. The van der Waals surface area contributed by atoms with Crippen molar-refractivity contribution in [2.75, 3.05) is 6.26 Å². The second-order valence-electron chi connectivity index (χ2n) is 6.18. The molecule has 1 N–H and O–H groups in total. The molecule has 0 bridgehead atoms. The lowest BCUT2D eigenvalue weighted by atomic mass is 10.0. The summed E-state index contributed by atoms with van der Waals surface area (Å²) in [5, 5.41) is 15.8. The fourth-order valence-electron chi connectivity index (χ4n) is 3.04. The van der Waals surface area contributed by atoms with Gasteiger partial charge in [-0.15, -0.1) is 0 Å². The molecule has 0 atom stereocenters. The first-order chi connectivity index (χ1) is 13.3. The van der Waals surface area contributed by atoms with Crippen molar-refractivity contribution in [2.24, 2.45) is 0 Å². The predicted molar refractivity (Wildman–Crippen MR) is 95.7 cm³/mol. The lowest BCUT2D eigenvalue weighted by molar-refractivity contribution is 0.0965. The minimum atomic E-state index is -3.55. The molecule has 0 spiro atoms. The third-order valence-electron chi connectivity index (χ3n) is 4.30. The largest absolute Gasteiger partial charge is 0.346 e. The zero-order chi connectivity index (χ0) is 20.1. The number of benzene rings is 1. The van der Waals surface area contributed by atoms with Crippen LogP contribution in [0.15, 0.2) is 41.6 Å². The van der Waals surface area contributed by atoms with Crippen LogP contribution in [-0.4, -0.2) is 35.3 Å². The van der Waals surface area contributed by atoms with Crippen LogP contribution in [-0.2, 0) is 16.4 Å². The highest BCUT2D eigenvalue weighted by atomic mass is 32.2. The van der Waals surface area contributed by atoms with E-state index in [4.69, 9.17) is 0 Å². The second-order valence-corrected chi connectivity index (χ2v) is 8.14. The standard InChI is InChI=1S/C18H12FN5O3S/c1-28(26,27)15-5-6-24(23-15)14-7-12(22-13-9-21-18(25)17(13)14)16-10(8-20)3-2-4-11(16)19/h2-7H,9H2,1H3,(H,21,25). The average molecular weight is 397 g/mol. The van der Waals surface area contributed by atoms with Crippen molar-refractivity contribution in [2.45, 2.75) is 11.6 Å². The summed E-state index contributed by atoms with van der Waals surface area (Å²) in [5.74, 6) is -1.03. The van der Waals surface area contributed by atoms with Gasteiger partial charge >= 0.3 is 0 Å². The zero-order valence-electron chi connectivity index (χ0n) is 14.5. The van der Waals surface area contributed by atoms with E-state index in [-0.39, 0.29) is 39.6 Å². The van der Waals surface area contributed by atoms with E-state index in [9.17, 15) is 22.9 Å². The lowest BCUT2D eigenvalue weighted by Gasteiger charge is -2.11. The summed E-state index contributed by atoms with van der Waals surface area (Å²) >= 11 is 0.